The van der Waals surface area contributed by atoms with Gasteiger partial charge in [0, 0.05) is 30.0 Å². The second-order valence-electron chi connectivity index (χ2n) is 7.24. The third-order valence-electron chi connectivity index (χ3n) is 5.18. The number of benzene rings is 1. The molecule has 1 amide bonds. The van der Waals surface area contributed by atoms with E-state index in [4.69, 9.17) is 4.98 Å². The van der Waals surface area contributed by atoms with Crippen LogP contribution < -0.4 is 10.6 Å². The average molecular weight is 400 g/mol. The highest BCUT2D eigenvalue weighted by Gasteiger charge is 2.23. The first-order valence-electron chi connectivity index (χ1n) is 9.56. The first kappa shape index (κ1) is 20.3. The van der Waals surface area contributed by atoms with Crippen molar-refractivity contribution < 1.29 is 4.79 Å². The fourth-order valence-corrected chi connectivity index (χ4v) is 3.85. The quantitative estimate of drug-likeness (QED) is 0.697. The van der Waals surface area contributed by atoms with Crippen LogP contribution >= 0.6 is 12.4 Å². The Kier molecular flexibility index (Phi) is 6.31. The molecule has 0 aliphatic carbocycles. The summed E-state index contributed by atoms with van der Waals surface area (Å²) in [6.45, 7) is 5.91. The van der Waals surface area contributed by atoms with Crippen LogP contribution in [-0.4, -0.2) is 33.5 Å². The Morgan fingerprint density at radius 3 is 2.93 bits per heavy atom. The van der Waals surface area contributed by atoms with Crippen molar-refractivity contribution in [3.8, 4) is 0 Å². The molecule has 3 heterocycles. The van der Waals surface area contributed by atoms with Gasteiger partial charge in [0.05, 0.1) is 11.0 Å². The van der Waals surface area contributed by atoms with Gasteiger partial charge in [0.1, 0.15) is 0 Å². The number of anilines is 1. The second kappa shape index (κ2) is 8.71. The molecule has 1 fully saturated rings. The normalized spacial score (nSPS) is 17.0. The lowest BCUT2D eigenvalue weighted by atomic mass is 10.1. The molecule has 148 valence electrons. The molecule has 0 bridgehead atoms. The fraction of sp³-hybridized carbons (Fsp3) is 0.381. The molecule has 0 radical (unpaired) electrons. The van der Waals surface area contributed by atoms with Gasteiger partial charge in [0.15, 0.2) is 0 Å². The predicted molar refractivity (Wildman–Crippen MR) is 114 cm³/mol. The van der Waals surface area contributed by atoms with E-state index in [-0.39, 0.29) is 24.4 Å². The highest BCUT2D eigenvalue weighted by molar-refractivity contribution is 6.04. The topological polar surface area (TPSA) is 71.8 Å². The minimum atomic E-state index is -0.156. The van der Waals surface area contributed by atoms with Crippen molar-refractivity contribution in [2.75, 3.05) is 18.4 Å². The number of aryl methyl sites for hydroxylation is 2. The molecular weight excluding hydrogens is 374 g/mol. The molecule has 3 aromatic rings. The van der Waals surface area contributed by atoms with Crippen LogP contribution in [0.2, 0.25) is 0 Å². The Morgan fingerprint density at radius 2 is 2.11 bits per heavy atom. The predicted octanol–water partition coefficient (Wildman–Crippen LogP) is 4.04. The SMILES string of the molecule is Cc1cc(C(=O)Nc2nc3cccc(C)c3n2[C@@H]2CCCCNC2)ccn1.Cl. The third kappa shape index (κ3) is 4.03. The Labute approximate surface area is 171 Å². The van der Waals surface area contributed by atoms with Crippen molar-refractivity contribution in [2.45, 2.75) is 39.2 Å². The van der Waals surface area contributed by atoms with Crippen molar-refractivity contribution in [1.82, 2.24) is 19.9 Å². The van der Waals surface area contributed by atoms with Crippen LogP contribution in [0, 0.1) is 13.8 Å². The van der Waals surface area contributed by atoms with Crippen molar-refractivity contribution in [1.29, 1.82) is 0 Å². The number of imidazole rings is 1. The molecule has 1 saturated heterocycles. The summed E-state index contributed by atoms with van der Waals surface area (Å²) in [6.07, 6.45) is 5.08. The van der Waals surface area contributed by atoms with Crippen LogP contribution in [0.4, 0.5) is 5.95 Å². The maximum absolute atomic E-state index is 12.8. The monoisotopic (exact) mass is 399 g/mol. The number of carbonyl (C=O) groups is 1. The number of hydrogen-bond acceptors (Lipinski definition) is 4. The number of carbonyl (C=O) groups excluding carboxylic acids is 1. The molecule has 1 aromatic carbocycles. The Bertz CT molecular complexity index is 976. The minimum absolute atomic E-state index is 0. The average Bonchev–Trinajstić information content (AvgIpc) is 2.83. The smallest absolute Gasteiger partial charge is 0.258 e. The van der Waals surface area contributed by atoms with E-state index in [2.05, 4.69) is 33.2 Å². The molecule has 4 rings (SSSR count). The molecule has 28 heavy (non-hydrogen) atoms. The summed E-state index contributed by atoms with van der Waals surface area (Å²) in [5, 5.41) is 6.57. The summed E-state index contributed by atoms with van der Waals surface area (Å²) in [5.41, 5.74) is 4.61. The zero-order valence-corrected chi connectivity index (χ0v) is 17.1. The first-order chi connectivity index (χ1) is 13.1. The molecule has 2 aromatic heterocycles. The van der Waals surface area contributed by atoms with Crippen molar-refractivity contribution in [3.05, 3.63) is 53.3 Å². The van der Waals surface area contributed by atoms with Gasteiger partial charge in [-0.15, -0.1) is 12.4 Å². The van der Waals surface area contributed by atoms with Crippen LogP contribution in [-0.2, 0) is 0 Å². The van der Waals surface area contributed by atoms with E-state index in [1.54, 1.807) is 18.3 Å². The molecule has 6 nitrogen and oxygen atoms in total. The number of rotatable bonds is 3. The second-order valence-corrected chi connectivity index (χ2v) is 7.24. The minimum Gasteiger partial charge on any atom is -0.315 e. The van der Waals surface area contributed by atoms with Crippen molar-refractivity contribution in [2.24, 2.45) is 0 Å². The molecule has 0 unspecified atom stereocenters. The number of hydrogen-bond donors (Lipinski definition) is 2. The number of nitrogens with one attached hydrogen (secondary N) is 2. The van der Waals surface area contributed by atoms with Gasteiger partial charge in [-0.1, -0.05) is 18.6 Å². The maximum atomic E-state index is 12.8. The van der Waals surface area contributed by atoms with Crippen LogP contribution in [0.25, 0.3) is 11.0 Å². The van der Waals surface area contributed by atoms with E-state index in [1.807, 2.05) is 19.1 Å². The van der Waals surface area contributed by atoms with Gasteiger partial charge >= 0.3 is 0 Å². The van der Waals surface area contributed by atoms with Crippen molar-refractivity contribution in [3.63, 3.8) is 0 Å². The zero-order valence-electron chi connectivity index (χ0n) is 16.2. The molecule has 2 N–H and O–H groups in total. The lowest BCUT2D eigenvalue weighted by Crippen LogP contribution is -2.25. The number of para-hydroxylation sites is 1. The molecule has 7 heteroatoms. The summed E-state index contributed by atoms with van der Waals surface area (Å²) < 4.78 is 2.22. The molecule has 1 aliphatic heterocycles. The number of amides is 1. The van der Waals surface area contributed by atoms with Crippen LogP contribution in [0.15, 0.2) is 36.5 Å². The van der Waals surface area contributed by atoms with Gasteiger partial charge in [-0.3, -0.25) is 15.1 Å². The van der Waals surface area contributed by atoms with Gasteiger partial charge in [-0.05, 0) is 57.0 Å². The van der Waals surface area contributed by atoms with E-state index < -0.39 is 0 Å². The molecular formula is C21H26ClN5O. The third-order valence-corrected chi connectivity index (χ3v) is 5.18. The van der Waals surface area contributed by atoms with Gasteiger partial charge in [0.2, 0.25) is 5.95 Å². The summed E-state index contributed by atoms with van der Waals surface area (Å²) in [4.78, 5) is 21.7. The molecule has 1 aliphatic rings. The van der Waals surface area contributed by atoms with E-state index in [1.165, 1.54) is 18.4 Å². The Hall–Kier alpha value is -2.44. The van der Waals surface area contributed by atoms with E-state index in [0.717, 1.165) is 36.2 Å². The number of fused-ring (bicyclic) bond motifs is 1. The van der Waals surface area contributed by atoms with Crippen LogP contribution in [0.1, 0.15) is 46.9 Å². The van der Waals surface area contributed by atoms with E-state index >= 15 is 0 Å². The standard InChI is InChI=1S/C21H25N5O.ClH/c1-14-6-5-8-18-19(14)26(17-7-3-4-10-22-13-17)21(24-18)25-20(27)16-9-11-23-15(2)12-16;/h5-6,8-9,11-12,17,22H,3-4,7,10,13H2,1-2H3,(H,24,25,27);1H/t17-;/m1./s1. The highest BCUT2D eigenvalue weighted by Crippen LogP contribution is 2.30. The largest absolute Gasteiger partial charge is 0.315 e. The fourth-order valence-electron chi connectivity index (χ4n) is 3.85. The van der Waals surface area contributed by atoms with E-state index in [9.17, 15) is 4.79 Å². The van der Waals surface area contributed by atoms with Gasteiger partial charge in [-0.2, -0.15) is 0 Å². The molecule has 1 atom stereocenters. The van der Waals surface area contributed by atoms with Crippen molar-refractivity contribution >= 4 is 35.3 Å². The van der Waals surface area contributed by atoms with Crippen LogP contribution in [0.3, 0.4) is 0 Å². The number of nitrogens with zero attached hydrogens (tertiary/aromatic N) is 3. The highest BCUT2D eigenvalue weighted by atomic mass is 35.5. The van der Waals surface area contributed by atoms with Gasteiger partial charge < -0.3 is 9.88 Å². The Morgan fingerprint density at radius 1 is 1.25 bits per heavy atom. The lowest BCUT2D eigenvalue weighted by molar-refractivity contribution is 0.102. The van der Waals surface area contributed by atoms with E-state index in [0.29, 0.717) is 11.5 Å². The first-order valence-corrected chi connectivity index (χ1v) is 9.56. The summed E-state index contributed by atoms with van der Waals surface area (Å²) in [5.74, 6) is 0.462. The van der Waals surface area contributed by atoms with Crippen LogP contribution in [0.5, 0.6) is 0 Å². The summed E-state index contributed by atoms with van der Waals surface area (Å²) >= 11 is 0. The molecule has 0 saturated carbocycles. The number of halogens is 1. The summed E-state index contributed by atoms with van der Waals surface area (Å²) in [7, 11) is 0. The van der Waals surface area contributed by atoms with Gasteiger partial charge in [0.25, 0.3) is 5.91 Å². The Balaban J connectivity index is 0.00000225. The number of pyridine rings is 1. The zero-order chi connectivity index (χ0) is 18.8. The maximum Gasteiger partial charge on any atom is 0.258 e. The number of aromatic nitrogens is 3. The molecule has 0 spiro atoms. The van der Waals surface area contributed by atoms with Gasteiger partial charge in [-0.25, -0.2) is 4.98 Å². The lowest BCUT2D eigenvalue weighted by Gasteiger charge is -2.21. The summed E-state index contributed by atoms with van der Waals surface area (Å²) in [6, 6.07) is 9.91.